The summed E-state index contributed by atoms with van der Waals surface area (Å²) in [7, 11) is 3.16. The second kappa shape index (κ2) is 9.87. The molecular formula is C27H25N3O3. The van der Waals surface area contributed by atoms with Crippen LogP contribution in [0.4, 0.5) is 0 Å². The van der Waals surface area contributed by atoms with E-state index in [1.807, 2.05) is 36.4 Å². The number of hydrazone groups is 1. The Morgan fingerprint density at radius 1 is 0.909 bits per heavy atom. The molecule has 3 aromatic carbocycles. The molecule has 4 rings (SSSR count). The average Bonchev–Trinajstić information content (AvgIpc) is 3.26. The van der Waals surface area contributed by atoms with Crippen molar-refractivity contribution in [1.82, 2.24) is 9.99 Å². The molecule has 166 valence electrons. The molecule has 6 heteroatoms. The van der Waals surface area contributed by atoms with E-state index in [4.69, 9.17) is 9.47 Å². The maximum Gasteiger partial charge on any atom is 0.271 e. The Balaban J connectivity index is 1.49. The summed E-state index contributed by atoms with van der Waals surface area (Å²) in [5.41, 5.74) is 8.15. The van der Waals surface area contributed by atoms with Gasteiger partial charge in [-0.25, -0.2) is 5.43 Å². The summed E-state index contributed by atoms with van der Waals surface area (Å²) in [6, 6.07) is 27.3. The molecule has 0 saturated carbocycles. The van der Waals surface area contributed by atoms with Crippen LogP contribution < -0.4 is 14.9 Å². The van der Waals surface area contributed by atoms with E-state index in [2.05, 4.69) is 46.3 Å². The summed E-state index contributed by atoms with van der Waals surface area (Å²) in [6.45, 7) is 2.06. The Labute approximate surface area is 193 Å². The van der Waals surface area contributed by atoms with Crippen molar-refractivity contribution in [3.63, 3.8) is 0 Å². The van der Waals surface area contributed by atoms with Gasteiger partial charge in [-0.15, -0.1) is 0 Å². The Bertz CT molecular complexity index is 1280. The number of nitrogens with one attached hydrogen (secondary N) is 1. The zero-order valence-electron chi connectivity index (χ0n) is 18.8. The van der Waals surface area contributed by atoms with E-state index in [1.165, 1.54) is 0 Å². The van der Waals surface area contributed by atoms with Gasteiger partial charge >= 0.3 is 0 Å². The van der Waals surface area contributed by atoms with E-state index in [-0.39, 0.29) is 5.91 Å². The number of rotatable bonds is 7. The van der Waals surface area contributed by atoms with Crippen molar-refractivity contribution in [3.8, 4) is 28.4 Å². The molecule has 0 unspecified atom stereocenters. The second-order valence-corrected chi connectivity index (χ2v) is 7.42. The summed E-state index contributed by atoms with van der Waals surface area (Å²) in [4.78, 5) is 12.6. The highest BCUT2D eigenvalue weighted by atomic mass is 16.5. The molecule has 1 amide bonds. The van der Waals surface area contributed by atoms with E-state index in [1.54, 1.807) is 44.7 Å². The van der Waals surface area contributed by atoms with Gasteiger partial charge in [-0.1, -0.05) is 30.3 Å². The molecule has 0 aliphatic carbocycles. The number of carbonyl (C=O) groups excluding carboxylic acids is 1. The minimum atomic E-state index is -0.294. The highest BCUT2D eigenvalue weighted by Crippen LogP contribution is 2.26. The number of nitrogens with zero attached hydrogens (tertiary/aromatic N) is 2. The van der Waals surface area contributed by atoms with E-state index in [9.17, 15) is 4.79 Å². The molecule has 0 bridgehead atoms. The summed E-state index contributed by atoms with van der Waals surface area (Å²) in [5, 5.41) is 4.07. The maximum atomic E-state index is 12.6. The van der Waals surface area contributed by atoms with Gasteiger partial charge in [-0.2, -0.15) is 5.10 Å². The number of benzene rings is 3. The number of aromatic nitrogens is 1. The highest BCUT2D eigenvalue weighted by Gasteiger charge is 2.11. The largest absolute Gasteiger partial charge is 0.497 e. The van der Waals surface area contributed by atoms with Gasteiger partial charge in [0.1, 0.15) is 11.5 Å². The molecule has 6 nitrogen and oxygen atoms in total. The quantitative estimate of drug-likeness (QED) is 0.317. The van der Waals surface area contributed by atoms with Crippen LogP contribution in [-0.4, -0.2) is 30.9 Å². The Morgan fingerprint density at radius 3 is 2.36 bits per heavy atom. The number of ether oxygens (including phenoxy) is 2. The van der Waals surface area contributed by atoms with Crippen LogP contribution in [0.25, 0.3) is 16.9 Å². The zero-order chi connectivity index (χ0) is 23.2. The number of hydrogen-bond donors (Lipinski definition) is 1. The zero-order valence-corrected chi connectivity index (χ0v) is 18.8. The average molecular weight is 440 g/mol. The molecule has 1 N–H and O–H groups in total. The third-order valence-electron chi connectivity index (χ3n) is 5.34. The standard InChI is InChI=1S/C27H25N3O3/c1-19-9-16-25(20-7-5-4-6-8-20)30(19)23-13-10-21(11-14-23)27(31)29-28-18-22-12-15-24(32-2)17-26(22)33-3/h4-18H,1-3H3,(H,29,31)/b28-18+. The van der Waals surface area contributed by atoms with Gasteiger partial charge < -0.3 is 14.0 Å². The number of aryl methyl sites for hydroxylation is 1. The predicted molar refractivity (Wildman–Crippen MR) is 131 cm³/mol. The molecule has 0 atom stereocenters. The number of amides is 1. The van der Waals surface area contributed by atoms with E-state index < -0.39 is 0 Å². The fraction of sp³-hybridized carbons (Fsp3) is 0.111. The van der Waals surface area contributed by atoms with Gasteiger partial charge in [0, 0.05) is 28.6 Å². The molecule has 0 radical (unpaired) electrons. The molecule has 1 heterocycles. The normalized spacial score (nSPS) is 10.9. The van der Waals surface area contributed by atoms with Crippen molar-refractivity contribution in [2.24, 2.45) is 5.10 Å². The van der Waals surface area contributed by atoms with Crippen molar-refractivity contribution < 1.29 is 14.3 Å². The minimum absolute atomic E-state index is 0.294. The fourth-order valence-electron chi connectivity index (χ4n) is 3.63. The Morgan fingerprint density at radius 2 is 1.67 bits per heavy atom. The van der Waals surface area contributed by atoms with Crippen LogP contribution in [0.1, 0.15) is 21.6 Å². The van der Waals surface area contributed by atoms with Crippen LogP contribution in [0.5, 0.6) is 11.5 Å². The highest BCUT2D eigenvalue weighted by molar-refractivity contribution is 5.95. The van der Waals surface area contributed by atoms with E-state index in [0.29, 0.717) is 17.1 Å². The van der Waals surface area contributed by atoms with Crippen LogP contribution in [0.3, 0.4) is 0 Å². The number of carbonyl (C=O) groups is 1. The van der Waals surface area contributed by atoms with Gasteiger partial charge in [-0.05, 0) is 61.0 Å². The molecule has 0 saturated heterocycles. The van der Waals surface area contributed by atoms with Crippen LogP contribution in [-0.2, 0) is 0 Å². The summed E-state index contributed by atoms with van der Waals surface area (Å²) < 4.78 is 12.7. The molecule has 4 aromatic rings. The fourth-order valence-corrected chi connectivity index (χ4v) is 3.63. The molecule has 0 fully saturated rings. The molecule has 0 aliphatic rings. The summed E-state index contributed by atoms with van der Waals surface area (Å²) in [5.74, 6) is 0.993. The molecular weight excluding hydrogens is 414 g/mol. The second-order valence-electron chi connectivity index (χ2n) is 7.42. The third-order valence-corrected chi connectivity index (χ3v) is 5.34. The predicted octanol–water partition coefficient (Wildman–Crippen LogP) is 5.23. The first-order valence-electron chi connectivity index (χ1n) is 10.5. The van der Waals surface area contributed by atoms with Gasteiger partial charge in [0.25, 0.3) is 5.91 Å². The maximum absolute atomic E-state index is 12.6. The molecule has 33 heavy (non-hydrogen) atoms. The monoisotopic (exact) mass is 439 g/mol. The first-order valence-corrected chi connectivity index (χ1v) is 10.5. The van der Waals surface area contributed by atoms with Crippen molar-refractivity contribution in [2.75, 3.05) is 14.2 Å². The summed E-state index contributed by atoms with van der Waals surface area (Å²) in [6.07, 6.45) is 1.54. The van der Waals surface area contributed by atoms with Crippen LogP contribution >= 0.6 is 0 Å². The summed E-state index contributed by atoms with van der Waals surface area (Å²) >= 11 is 0. The van der Waals surface area contributed by atoms with Crippen molar-refractivity contribution in [3.05, 3.63) is 102 Å². The van der Waals surface area contributed by atoms with Crippen molar-refractivity contribution in [2.45, 2.75) is 6.92 Å². The van der Waals surface area contributed by atoms with Crippen LogP contribution in [0, 0.1) is 6.92 Å². The first-order chi connectivity index (χ1) is 16.1. The lowest BCUT2D eigenvalue weighted by molar-refractivity contribution is 0.0955. The molecule has 1 aromatic heterocycles. The SMILES string of the molecule is COc1ccc(/C=N/NC(=O)c2ccc(-n3c(C)ccc3-c3ccccc3)cc2)c(OC)c1. The minimum Gasteiger partial charge on any atom is -0.497 e. The first kappa shape index (κ1) is 21.9. The van der Waals surface area contributed by atoms with Gasteiger partial charge in [0.15, 0.2) is 0 Å². The van der Waals surface area contributed by atoms with E-state index in [0.717, 1.165) is 28.2 Å². The Hall–Kier alpha value is -4.32. The molecule has 0 aliphatic heterocycles. The lowest BCUT2D eigenvalue weighted by Crippen LogP contribution is -2.17. The van der Waals surface area contributed by atoms with Crippen LogP contribution in [0.2, 0.25) is 0 Å². The molecule has 0 spiro atoms. The van der Waals surface area contributed by atoms with Gasteiger partial charge in [-0.3, -0.25) is 4.79 Å². The van der Waals surface area contributed by atoms with Crippen molar-refractivity contribution in [1.29, 1.82) is 0 Å². The lowest BCUT2D eigenvalue weighted by Gasteiger charge is -2.12. The Kier molecular flexibility index (Phi) is 6.55. The lowest BCUT2D eigenvalue weighted by atomic mass is 10.1. The van der Waals surface area contributed by atoms with Gasteiger partial charge in [0.2, 0.25) is 0 Å². The van der Waals surface area contributed by atoms with Crippen LogP contribution in [0.15, 0.2) is 90.0 Å². The van der Waals surface area contributed by atoms with Gasteiger partial charge in [0.05, 0.1) is 26.1 Å². The third kappa shape index (κ3) is 4.80. The topological polar surface area (TPSA) is 64.8 Å². The number of hydrogen-bond acceptors (Lipinski definition) is 4. The van der Waals surface area contributed by atoms with Crippen molar-refractivity contribution >= 4 is 12.1 Å². The number of methoxy groups -OCH3 is 2. The van der Waals surface area contributed by atoms with E-state index >= 15 is 0 Å². The smallest absolute Gasteiger partial charge is 0.271 e.